The Morgan fingerprint density at radius 2 is 2.17 bits per heavy atom. The van der Waals surface area contributed by atoms with Crippen LogP contribution in [0.4, 0.5) is 0 Å². The van der Waals surface area contributed by atoms with E-state index >= 15 is 0 Å². The lowest BCUT2D eigenvalue weighted by Crippen LogP contribution is -1.84. The van der Waals surface area contributed by atoms with E-state index in [1.54, 1.807) is 18.4 Å². The van der Waals surface area contributed by atoms with Crippen molar-refractivity contribution in [2.75, 3.05) is 0 Å². The van der Waals surface area contributed by atoms with Crippen molar-refractivity contribution >= 4 is 12.1 Å². The van der Waals surface area contributed by atoms with Crippen LogP contribution in [0.25, 0.3) is 0 Å². The van der Waals surface area contributed by atoms with E-state index < -0.39 is 0 Å². The molecule has 0 aliphatic carbocycles. The standard InChI is InChI=1S/C10H14N2/c1-4-11-7-5-6-8-12-9-10(2)3/h4-6,8-10H,1H2,2-3H3/b8-6-,12-9+. The third kappa shape index (κ3) is 8.60. The van der Waals surface area contributed by atoms with E-state index in [2.05, 4.69) is 36.3 Å². The van der Waals surface area contributed by atoms with E-state index in [1.165, 1.54) is 6.20 Å². The molecule has 0 rings (SSSR count). The lowest BCUT2D eigenvalue weighted by molar-refractivity contribution is 0.907. The fourth-order valence-electron chi connectivity index (χ4n) is 0.453. The van der Waals surface area contributed by atoms with Crippen molar-refractivity contribution in [1.29, 1.82) is 0 Å². The topological polar surface area (TPSA) is 24.7 Å². The van der Waals surface area contributed by atoms with Gasteiger partial charge >= 0.3 is 0 Å². The molecule has 0 bridgehead atoms. The van der Waals surface area contributed by atoms with E-state index in [0.29, 0.717) is 5.92 Å². The van der Waals surface area contributed by atoms with Crippen LogP contribution >= 0.6 is 0 Å². The first kappa shape index (κ1) is 10.6. The van der Waals surface area contributed by atoms with Crippen LogP contribution in [0.15, 0.2) is 41.1 Å². The Morgan fingerprint density at radius 3 is 2.75 bits per heavy atom. The zero-order chi connectivity index (χ0) is 9.23. The maximum Gasteiger partial charge on any atom is 0.0296 e. The monoisotopic (exact) mass is 162 g/mol. The molecule has 0 aliphatic rings. The molecule has 0 aromatic rings. The molecule has 0 aromatic carbocycles. The first-order valence-corrected chi connectivity index (χ1v) is 3.85. The Balaban J connectivity index is 3.77. The van der Waals surface area contributed by atoms with Gasteiger partial charge in [0.15, 0.2) is 0 Å². The van der Waals surface area contributed by atoms with E-state index in [0.717, 1.165) is 0 Å². The summed E-state index contributed by atoms with van der Waals surface area (Å²) in [5, 5.41) is 0. The van der Waals surface area contributed by atoms with Gasteiger partial charge in [-0.2, -0.15) is 0 Å². The Hall–Kier alpha value is -1.40. The Morgan fingerprint density at radius 1 is 1.42 bits per heavy atom. The summed E-state index contributed by atoms with van der Waals surface area (Å²) >= 11 is 0. The lowest BCUT2D eigenvalue weighted by atomic mass is 10.2. The van der Waals surface area contributed by atoms with Crippen molar-refractivity contribution in [2.24, 2.45) is 15.9 Å². The van der Waals surface area contributed by atoms with Crippen LogP contribution in [0.5, 0.6) is 0 Å². The van der Waals surface area contributed by atoms with E-state index in [1.807, 2.05) is 6.21 Å². The first-order chi connectivity index (χ1) is 5.77. The second-order valence-electron chi connectivity index (χ2n) is 2.49. The number of aliphatic imine (C=N–C) groups is 2. The smallest absolute Gasteiger partial charge is 0.0296 e. The molecule has 0 spiro atoms. The second-order valence-corrected chi connectivity index (χ2v) is 2.49. The second kappa shape index (κ2) is 7.70. The lowest BCUT2D eigenvalue weighted by Gasteiger charge is -1.87. The minimum Gasteiger partial charge on any atom is -0.269 e. The number of hydrogen-bond donors (Lipinski definition) is 0. The molecular formula is C10H14N2. The highest BCUT2D eigenvalue weighted by atomic mass is 14.7. The van der Waals surface area contributed by atoms with Gasteiger partial charge in [0.2, 0.25) is 0 Å². The van der Waals surface area contributed by atoms with E-state index in [9.17, 15) is 0 Å². The third-order valence-corrected chi connectivity index (χ3v) is 0.893. The van der Waals surface area contributed by atoms with Gasteiger partial charge in [0, 0.05) is 24.7 Å². The highest BCUT2D eigenvalue weighted by Crippen LogP contribution is 1.85. The molecule has 0 atom stereocenters. The number of rotatable bonds is 4. The molecule has 0 unspecified atom stereocenters. The minimum atomic E-state index is 0.487. The predicted molar refractivity (Wildman–Crippen MR) is 54.7 cm³/mol. The summed E-state index contributed by atoms with van der Waals surface area (Å²) in [5.74, 6) is 3.13. The fraction of sp³-hybridized carbons (Fsp3) is 0.300. The molecule has 0 heterocycles. The molecule has 0 aromatic heterocycles. The molecule has 0 radical (unpaired) electrons. The first-order valence-electron chi connectivity index (χ1n) is 3.85. The zero-order valence-electron chi connectivity index (χ0n) is 7.57. The molecular weight excluding hydrogens is 148 g/mol. The van der Waals surface area contributed by atoms with Crippen LogP contribution in [0.1, 0.15) is 13.8 Å². The van der Waals surface area contributed by atoms with Crippen LogP contribution in [0, 0.1) is 5.92 Å². The predicted octanol–water partition coefficient (Wildman–Crippen LogP) is 2.60. The molecule has 0 saturated carbocycles. The van der Waals surface area contributed by atoms with Gasteiger partial charge < -0.3 is 0 Å². The average molecular weight is 162 g/mol. The summed E-state index contributed by atoms with van der Waals surface area (Å²) in [7, 11) is 0. The van der Waals surface area contributed by atoms with Crippen molar-refractivity contribution < 1.29 is 0 Å². The van der Waals surface area contributed by atoms with Crippen LogP contribution < -0.4 is 0 Å². The summed E-state index contributed by atoms with van der Waals surface area (Å²) in [4.78, 5) is 7.68. The quantitative estimate of drug-likeness (QED) is 0.448. The molecule has 0 N–H and O–H groups in total. The van der Waals surface area contributed by atoms with Crippen LogP contribution in [-0.2, 0) is 0 Å². The molecule has 2 nitrogen and oxygen atoms in total. The van der Waals surface area contributed by atoms with Gasteiger partial charge in [-0.1, -0.05) is 20.4 Å². The van der Waals surface area contributed by atoms with Crippen LogP contribution in [0.2, 0.25) is 0 Å². The molecule has 2 heteroatoms. The largest absolute Gasteiger partial charge is 0.269 e. The number of allylic oxidation sites excluding steroid dienone is 2. The highest BCUT2D eigenvalue weighted by molar-refractivity contribution is 5.60. The van der Waals surface area contributed by atoms with Crippen molar-refractivity contribution in [3.8, 4) is 0 Å². The average Bonchev–Trinajstić information content (AvgIpc) is 2.02. The maximum absolute atomic E-state index is 4.02. The van der Waals surface area contributed by atoms with Crippen molar-refractivity contribution in [1.82, 2.24) is 0 Å². The third-order valence-electron chi connectivity index (χ3n) is 0.893. The van der Waals surface area contributed by atoms with Crippen LogP contribution in [0.3, 0.4) is 0 Å². The van der Waals surface area contributed by atoms with Gasteiger partial charge in [0.25, 0.3) is 0 Å². The maximum atomic E-state index is 4.02. The molecule has 64 valence electrons. The minimum absolute atomic E-state index is 0.487. The normalized spacial score (nSPS) is 10.6. The van der Waals surface area contributed by atoms with Crippen molar-refractivity contribution in [2.45, 2.75) is 13.8 Å². The molecule has 0 amide bonds. The summed E-state index contributed by atoms with van der Waals surface area (Å²) < 4.78 is 0. The Labute approximate surface area is 73.7 Å². The molecule has 0 saturated heterocycles. The summed E-state index contributed by atoms with van der Waals surface area (Å²) in [6.07, 6.45) is 8.45. The van der Waals surface area contributed by atoms with E-state index in [-0.39, 0.29) is 0 Å². The molecule has 0 aliphatic heterocycles. The Kier molecular flexibility index (Phi) is 6.81. The summed E-state index contributed by atoms with van der Waals surface area (Å²) in [5.41, 5.74) is 0. The molecule has 0 fully saturated rings. The van der Waals surface area contributed by atoms with E-state index in [4.69, 9.17) is 0 Å². The van der Waals surface area contributed by atoms with Crippen molar-refractivity contribution in [3.63, 3.8) is 0 Å². The van der Waals surface area contributed by atoms with Gasteiger partial charge in [-0.15, -0.1) is 0 Å². The SMILES string of the molecule is C=CN=C=C/C=C\N=C\C(C)C. The Bertz CT molecular complexity index is 228. The van der Waals surface area contributed by atoms with Gasteiger partial charge in [-0.05, 0) is 17.9 Å². The van der Waals surface area contributed by atoms with Gasteiger partial charge in [0.05, 0.1) is 0 Å². The number of nitrogens with zero attached hydrogens (tertiary/aromatic N) is 2. The van der Waals surface area contributed by atoms with Crippen LogP contribution in [-0.4, -0.2) is 12.1 Å². The van der Waals surface area contributed by atoms with Gasteiger partial charge in [-0.3, -0.25) is 4.99 Å². The summed E-state index contributed by atoms with van der Waals surface area (Å²) in [6.45, 7) is 7.57. The fourth-order valence-corrected chi connectivity index (χ4v) is 0.453. The number of hydrogen-bond acceptors (Lipinski definition) is 2. The highest BCUT2D eigenvalue weighted by Gasteiger charge is 1.79. The summed E-state index contributed by atoms with van der Waals surface area (Å²) in [6, 6.07) is 0. The van der Waals surface area contributed by atoms with Crippen molar-refractivity contribution in [3.05, 3.63) is 31.1 Å². The van der Waals surface area contributed by atoms with Gasteiger partial charge in [0.1, 0.15) is 0 Å². The molecule has 12 heavy (non-hydrogen) atoms. The van der Waals surface area contributed by atoms with Gasteiger partial charge in [-0.25, -0.2) is 4.99 Å². The zero-order valence-corrected chi connectivity index (χ0v) is 7.57.